The summed E-state index contributed by atoms with van der Waals surface area (Å²) < 4.78 is 5.33. The van der Waals surface area contributed by atoms with Crippen LogP contribution >= 0.6 is 11.8 Å². The Kier molecular flexibility index (Phi) is 5.04. The zero-order chi connectivity index (χ0) is 12.8. The van der Waals surface area contributed by atoms with Crippen molar-refractivity contribution in [1.82, 2.24) is 9.97 Å². The van der Waals surface area contributed by atoms with Gasteiger partial charge in [0.15, 0.2) is 5.16 Å². The van der Waals surface area contributed by atoms with E-state index in [0.29, 0.717) is 19.8 Å². The normalized spacial score (nSPS) is 11.2. The van der Waals surface area contributed by atoms with Crippen LogP contribution in [0.3, 0.4) is 0 Å². The number of rotatable bonds is 7. The maximum absolute atomic E-state index is 5.35. The molecule has 0 aliphatic heterocycles. The number of nitrogens with one attached hydrogen (secondary N) is 1. The minimum absolute atomic E-state index is 0.578. The molecule has 3 N–H and O–H groups in total. The molecule has 4 nitrogen and oxygen atoms in total. The van der Waals surface area contributed by atoms with Crippen molar-refractivity contribution in [3.8, 4) is 0 Å². The first-order valence-corrected chi connectivity index (χ1v) is 7.21. The molecule has 2 aromatic rings. The molecule has 2 rings (SSSR count). The van der Waals surface area contributed by atoms with E-state index in [1.165, 1.54) is 5.56 Å². The summed E-state index contributed by atoms with van der Waals surface area (Å²) in [5, 5.41) is 0.953. The molecule has 5 heteroatoms. The highest BCUT2D eigenvalue weighted by Gasteiger charge is 2.03. The molecule has 0 aliphatic carbocycles. The number of hydrogen-bond donors (Lipinski definition) is 2. The van der Waals surface area contributed by atoms with E-state index in [-0.39, 0.29) is 0 Å². The lowest BCUT2D eigenvalue weighted by molar-refractivity contribution is 0.158. The molecular formula is C13H19N3OS. The van der Waals surface area contributed by atoms with Crippen LogP contribution in [0.5, 0.6) is 0 Å². The Balaban J connectivity index is 1.93. The van der Waals surface area contributed by atoms with Crippen molar-refractivity contribution >= 4 is 22.8 Å². The number of aromatic amines is 1. The standard InChI is InChI=1S/C13H19N3OS/c1-2-10-3-4-11-12(9-10)16-13(15-11)18-8-7-17-6-5-14/h3-4,9H,2,5-8,14H2,1H3,(H,15,16). The number of ether oxygens (including phenoxy) is 1. The van der Waals surface area contributed by atoms with E-state index in [9.17, 15) is 0 Å². The van der Waals surface area contributed by atoms with Crippen LogP contribution in [0.2, 0.25) is 0 Å². The fourth-order valence-corrected chi connectivity index (χ4v) is 2.44. The van der Waals surface area contributed by atoms with Crippen LogP contribution in [-0.2, 0) is 11.2 Å². The summed E-state index contributed by atoms with van der Waals surface area (Å²) in [6.45, 7) is 4.07. The number of benzene rings is 1. The molecule has 0 unspecified atom stereocenters. The summed E-state index contributed by atoms with van der Waals surface area (Å²) in [4.78, 5) is 7.87. The molecule has 0 aliphatic rings. The molecule has 0 atom stereocenters. The van der Waals surface area contributed by atoms with Gasteiger partial charge in [-0.3, -0.25) is 0 Å². The van der Waals surface area contributed by atoms with E-state index in [1.807, 2.05) is 0 Å². The number of aryl methyl sites for hydroxylation is 1. The number of imidazole rings is 1. The first-order valence-electron chi connectivity index (χ1n) is 6.22. The summed E-state index contributed by atoms with van der Waals surface area (Å²) >= 11 is 1.68. The van der Waals surface area contributed by atoms with Crippen LogP contribution in [0.25, 0.3) is 11.0 Å². The molecule has 1 aromatic carbocycles. The zero-order valence-electron chi connectivity index (χ0n) is 10.6. The van der Waals surface area contributed by atoms with E-state index >= 15 is 0 Å². The predicted molar refractivity (Wildman–Crippen MR) is 76.1 cm³/mol. The van der Waals surface area contributed by atoms with Crippen LogP contribution in [0.1, 0.15) is 12.5 Å². The second-order valence-electron chi connectivity index (χ2n) is 4.00. The van der Waals surface area contributed by atoms with Crippen LogP contribution in [0.15, 0.2) is 23.4 Å². The zero-order valence-corrected chi connectivity index (χ0v) is 11.4. The number of H-pyrrole nitrogens is 1. The highest BCUT2D eigenvalue weighted by molar-refractivity contribution is 7.99. The van der Waals surface area contributed by atoms with Crippen LogP contribution in [0, 0.1) is 0 Å². The highest BCUT2D eigenvalue weighted by atomic mass is 32.2. The number of fused-ring (bicyclic) bond motifs is 1. The van der Waals surface area contributed by atoms with Gasteiger partial charge in [0.1, 0.15) is 0 Å². The summed E-state index contributed by atoms with van der Waals surface area (Å²) in [6, 6.07) is 6.36. The molecule has 0 saturated heterocycles. The lowest BCUT2D eigenvalue weighted by atomic mass is 10.1. The van der Waals surface area contributed by atoms with Crippen molar-refractivity contribution < 1.29 is 4.74 Å². The van der Waals surface area contributed by atoms with E-state index in [4.69, 9.17) is 10.5 Å². The quantitative estimate of drug-likeness (QED) is 0.595. The van der Waals surface area contributed by atoms with Gasteiger partial charge in [0.25, 0.3) is 0 Å². The Morgan fingerprint density at radius 2 is 2.28 bits per heavy atom. The van der Waals surface area contributed by atoms with Crippen molar-refractivity contribution in [2.24, 2.45) is 5.73 Å². The fraction of sp³-hybridized carbons (Fsp3) is 0.462. The largest absolute Gasteiger partial charge is 0.379 e. The second kappa shape index (κ2) is 6.78. The second-order valence-corrected chi connectivity index (χ2v) is 5.08. The minimum atomic E-state index is 0.578. The summed E-state index contributed by atoms with van der Waals surface area (Å²) in [5.74, 6) is 0.889. The Bertz CT molecular complexity index is 498. The molecule has 0 bridgehead atoms. The average Bonchev–Trinajstić information content (AvgIpc) is 2.80. The fourth-order valence-electron chi connectivity index (χ4n) is 1.70. The van der Waals surface area contributed by atoms with Crippen molar-refractivity contribution in [2.45, 2.75) is 18.5 Å². The SMILES string of the molecule is CCc1ccc2nc(SCCOCCN)[nH]c2c1. The molecule has 18 heavy (non-hydrogen) atoms. The third kappa shape index (κ3) is 3.48. The van der Waals surface area contributed by atoms with Crippen molar-refractivity contribution in [3.63, 3.8) is 0 Å². The molecule has 1 aromatic heterocycles. The molecule has 98 valence electrons. The van der Waals surface area contributed by atoms with E-state index in [2.05, 4.69) is 35.1 Å². The van der Waals surface area contributed by atoms with Gasteiger partial charge in [-0.05, 0) is 24.1 Å². The van der Waals surface area contributed by atoms with Crippen molar-refractivity contribution in [1.29, 1.82) is 0 Å². The molecule has 0 spiro atoms. The molecule has 0 fully saturated rings. The van der Waals surface area contributed by atoms with E-state index in [0.717, 1.165) is 28.4 Å². The Labute approximate surface area is 111 Å². The minimum Gasteiger partial charge on any atom is -0.379 e. The maximum Gasteiger partial charge on any atom is 0.166 e. The summed E-state index contributed by atoms with van der Waals surface area (Å²) in [7, 11) is 0. The number of thioether (sulfide) groups is 1. The number of hydrogen-bond acceptors (Lipinski definition) is 4. The first kappa shape index (κ1) is 13.4. The van der Waals surface area contributed by atoms with Gasteiger partial charge in [0, 0.05) is 12.3 Å². The van der Waals surface area contributed by atoms with E-state index < -0.39 is 0 Å². The topological polar surface area (TPSA) is 63.9 Å². The van der Waals surface area contributed by atoms with Gasteiger partial charge < -0.3 is 15.5 Å². The van der Waals surface area contributed by atoms with Gasteiger partial charge in [-0.15, -0.1) is 0 Å². The molecular weight excluding hydrogens is 246 g/mol. The maximum atomic E-state index is 5.35. The Morgan fingerprint density at radius 1 is 1.39 bits per heavy atom. The summed E-state index contributed by atoms with van der Waals surface area (Å²) in [5.41, 5.74) is 8.81. The van der Waals surface area contributed by atoms with Gasteiger partial charge in [-0.25, -0.2) is 4.98 Å². The van der Waals surface area contributed by atoms with Crippen molar-refractivity contribution in [3.05, 3.63) is 23.8 Å². The van der Waals surface area contributed by atoms with Gasteiger partial charge in [0.2, 0.25) is 0 Å². The van der Waals surface area contributed by atoms with Gasteiger partial charge in [-0.2, -0.15) is 0 Å². The number of nitrogens with two attached hydrogens (primary N) is 1. The van der Waals surface area contributed by atoms with Crippen LogP contribution < -0.4 is 5.73 Å². The van der Waals surface area contributed by atoms with E-state index in [1.54, 1.807) is 11.8 Å². The van der Waals surface area contributed by atoms with Crippen molar-refractivity contribution in [2.75, 3.05) is 25.5 Å². The highest BCUT2D eigenvalue weighted by Crippen LogP contribution is 2.20. The molecule has 1 heterocycles. The predicted octanol–water partition coefficient (Wildman–Crippen LogP) is 2.19. The third-order valence-electron chi connectivity index (χ3n) is 2.66. The number of nitrogens with zero attached hydrogens (tertiary/aromatic N) is 1. The van der Waals surface area contributed by atoms with Gasteiger partial charge >= 0.3 is 0 Å². The smallest absolute Gasteiger partial charge is 0.166 e. The lowest BCUT2D eigenvalue weighted by Crippen LogP contribution is -2.09. The van der Waals surface area contributed by atoms with Gasteiger partial charge in [-0.1, -0.05) is 24.8 Å². The lowest BCUT2D eigenvalue weighted by Gasteiger charge is -1.99. The summed E-state index contributed by atoms with van der Waals surface area (Å²) in [6.07, 6.45) is 1.05. The van der Waals surface area contributed by atoms with Crippen LogP contribution in [-0.4, -0.2) is 35.5 Å². The number of aromatic nitrogens is 2. The van der Waals surface area contributed by atoms with Gasteiger partial charge in [0.05, 0.1) is 24.2 Å². The Morgan fingerprint density at radius 3 is 3.06 bits per heavy atom. The monoisotopic (exact) mass is 265 g/mol. The third-order valence-corrected chi connectivity index (χ3v) is 3.50. The molecule has 0 amide bonds. The average molecular weight is 265 g/mol. The first-order chi connectivity index (χ1) is 8.83. The molecule has 0 saturated carbocycles. The van der Waals surface area contributed by atoms with Crippen LogP contribution in [0.4, 0.5) is 0 Å². The Hall–Kier alpha value is -1.04. The molecule has 0 radical (unpaired) electrons.